The molecule has 1 heterocycles. The van der Waals surface area contributed by atoms with Crippen LogP contribution in [0.4, 0.5) is 11.4 Å². The van der Waals surface area contributed by atoms with Crippen LogP contribution in [0.2, 0.25) is 0 Å². The van der Waals surface area contributed by atoms with Gasteiger partial charge in [0.05, 0.1) is 11.4 Å². The quantitative estimate of drug-likeness (QED) is 0.711. The summed E-state index contributed by atoms with van der Waals surface area (Å²) >= 11 is 1.89. The maximum absolute atomic E-state index is 2.45. The Labute approximate surface area is 113 Å². The molecule has 0 radical (unpaired) electrons. The van der Waals surface area contributed by atoms with Gasteiger partial charge in [-0.3, -0.25) is 0 Å². The van der Waals surface area contributed by atoms with E-state index in [2.05, 4.69) is 62.1 Å². The number of benzene rings is 2. The highest BCUT2D eigenvalue weighted by Gasteiger charge is 2.24. The Morgan fingerprint density at radius 1 is 0.889 bits per heavy atom. The number of fused-ring (bicyclic) bond motifs is 2. The Bertz CT molecular complexity index is 553. The second-order valence-electron chi connectivity index (χ2n) is 4.69. The molecule has 2 aromatic rings. The SMILES string of the molecule is CCN1c2c(C)cccc2Sc2cccc(C)c21. The third kappa shape index (κ3) is 1.64. The largest absolute Gasteiger partial charge is 0.339 e. The van der Waals surface area contributed by atoms with Crippen molar-refractivity contribution in [1.29, 1.82) is 0 Å². The second kappa shape index (κ2) is 4.36. The standard InChI is InChI=1S/C16H17NS/c1-4-17-15-11(2)7-5-9-13(15)18-14-10-6-8-12(3)16(14)17/h5-10H,4H2,1-3H3. The van der Waals surface area contributed by atoms with Gasteiger partial charge in [0.1, 0.15) is 0 Å². The molecular weight excluding hydrogens is 238 g/mol. The Morgan fingerprint density at radius 2 is 1.39 bits per heavy atom. The van der Waals surface area contributed by atoms with Crippen molar-refractivity contribution in [2.75, 3.05) is 11.4 Å². The van der Waals surface area contributed by atoms with Crippen LogP contribution in [0.5, 0.6) is 0 Å². The molecule has 2 aromatic carbocycles. The second-order valence-corrected chi connectivity index (χ2v) is 5.77. The smallest absolute Gasteiger partial charge is 0.0582 e. The van der Waals surface area contributed by atoms with E-state index in [1.807, 2.05) is 11.8 Å². The molecule has 0 spiro atoms. The fourth-order valence-corrected chi connectivity index (χ4v) is 3.93. The Balaban J connectivity index is 2.26. The van der Waals surface area contributed by atoms with Crippen LogP contribution in [0.15, 0.2) is 46.2 Å². The Hall–Kier alpha value is -1.41. The summed E-state index contributed by atoms with van der Waals surface area (Å²) in [5.41, 5.74) is 5.48. The van der Waals surface area contributed by atoms with Gasteiger partial charge in [0.15, 0.2) is 0 Å². The first-order chi connectivity index (χ1) is 8.72. The number of nitrogens with zero attached hydrogens (tertiary/aromatic N) is 1. The molecule has 0 aromatic heterocycles. The summed E-state index contributed by atoms with van der Waals surface area (Å²) in [6, 6.07) is 13.1. The summed E-state index contributed by atoms with van der Waals surface area (Å²) in [6.45, 7) is 7.63. The third-order valence-electron chi connectivity index (χ3n) is 3.48. The zero-order chi connectivity index (χ0) is 12.7. The van der Waals surface area contributed by atoms with Crippen molar-refractivity contribution >= 4 is 23.1 Å². The number of aryl methyl sites for hydroxylation is 2. The van der Waals surface area contributed by atoms with Gasteiger partial charge in [-0.2, -0.15) is 0 Å². The van der Waals surface area contributed by atoms with E-state index in [1.54, 1.807) is 0 Å². The molecule has 1 aliphatic heterocycles. The van der Waals surface area contributed by atoms with Gasteiger partial charge in [-0.1, -0.05) is 36.0 Å². The third-order valence-corrected chi connectivity index (χ3v) is 4.58. The van der Waals surface area contributed by atoms with Crippen LogP contribution in [0, 0.1) is 13.8 Å². The van der Waals surface area contributed by atoms with Crippen molar-refractivity contribution in [2.24, 2.45) is 0 Å². The lowest BCUT2D eigenvalue weighted by molar-refractivity contribution is 0.962. The van der Waals surface area contributed by atoms with Crippen LogP contribution in [0.25, 0.3) is 0 Å². The summed E-state index contributed by atoms with van der Waals surface area (Å²) < 4.78 is 0. The van der Waals surface area contributed by atoms with Gasteiger partial charge < -0.3 is 4.90 Å². The summed E-state index contributed by atoms with van der Waals surface area (Å²) in [7, 11) is 0. The molecule has 92 valence electrons. The monoisotopic (exact) mass is 255 g/mol. The van der Waals surface area contributed by atoms with Crippen molar-refractivity contribution in [3.63, 3.8) is 0 Å². The van der Waals surface area contributed by atoms with Gasteiger partial charge in [-0.25, -0.2) is 0 Å². The normalized spacial score (nSPS) is 13.2. The zero-order valence-electron chi connectivity index (χ0n) is 11.0. The van der Waals surface area contributed by atoms with Crippen molar-refractivity contribution in [1.82, 2.24) is 0 Å². The van der Waals surface area contributed by atoms with Crippen LogP contribution in [0.1, 0.15) is 18.1 Å². The number of anilines is 2. The zero-order valence-corrected chi connectivity index (χ0v) is 11.8. The molecule has 2 heteroatoms. The van der Waals surface area contributed by atoms with E-state index < -0.39 is 0 Å². The average Bonchev–Trinajstić information content (AvgIpc) is 2.37. The highest BCUT2D eigenvalue weighted by atomic mass is 32.2. The number of para-hydroxylation sites is 2. The van der Waals surface area contributed by atoms with Gasteiger partial charge in [-0.15, -0.1) is 0 Å². The first-order valence-corrected chi connectivity index (χ1v) is 7.18. The maximum Gasteiger partial charge on any atom is 0.0582 e. The molecule has 3 rings (SSSR count). The minimum atomic E-state index is 1.01. The summed E-state index contributed by atoms with van der Waals surface area (Å²) in [5, 5.41) is 0. The summed E-state index contributed by atoms with van der Waals surface area (Å²) in [6.07, 6.45) is 0. The molecule has 0 bridgehead atoms. The van der Waals surface area contributed by atoms with E-state index >= 15 is 0 Å². The molecule has 0 aliphatic carbocycles. The van der Waals surface area contributed by atoms with Crippen LogP contribution in [0.3, 0.4) is 0 Å². The summed E-state index contributed by atoms with van der Waals surface area (Å²) in [5.74, 6) is 0. The minimum absolute atomic E-state index is 1.01. The van der Waals surface area contributed by atoms with E-state index in [9.17, 15) is 0 Å². The first kappa shape index (κ1) is 11.7. The van der Waals surface area contributed by atoms with E-state index in [1.165, 1.54) is 32.3 Å². The topological polar surface area (TPSA) is 3.24 Å². The van der Waals surface area contributed by atoms with Crippen molar-refractivity contribution in [2.45, 2.75) is 30.6 Å². The van der Waals surface area contributed by atoms with Gasteiger partial charge in [0.25, 0.3) is 0 Å². The maximum atomic E-state index is 2.45. The number of hydrogen-bond acceptors (Lipinski definition) is 2. The van der Waals surface area contributed by atoms with Gasteiger partial charge in [0.2, 0.25) is 0 Å². The molecule has 0 saturated heterocycles. The van der Waals surface area contributed by atoms with E-state index in [-0.39, 0.29) is 0 Å². The van der Waals surface area contributed by atoms with E-state index in [0.29, 0.717) is 0 Å². The van der Waals surface area contributed by atoms with Gasteiger partial charge in [-0.05, 0) is 44.0 Å². The highest BCUT2D eigenvalue weighted by Crippen LogP contribution is 2.50. The van der Waals surface area contributed by atoms with Crippen molar-refractivity contribution in [3.8, 4) is 0 Å². The molecule has 0 unspecified atom stereocenters. The van der Waals surface area contributed by atoms with Crippen LogP contribution in [-0.2, 0) is 0 Å². The van der Waals surface area contributed by atoms with Crippen LogP contribution >= 0.6 is 11.8 Å². The lowest BCUT2D eigenvalue weighted by atomic mass is 10.1. The fraction of sp³-hybridized carbons (Fsp3) is 0.250. The molecular formula is C16H17NS. The predicted octanol–water partition coefficient (Wildman–Crippen LogP) is 4.93. The van der Waals surface area contributed by atoms with Gasteiger partial charge in [0, 0.05) is 16.3 Å². The Kier molecular flexibility index (Phi) is 2.83. The first-order valence-electron chi connectivity index (χ1n) is 6.37. The summed E-state index contributed by atoms with van der Waals surface area (Å²) in [4.78, 5) is 5.19. The molecule has 18 heavy (non-hydrogen) atoms. The molecule has 0 atom stereocenters. The van der Waals surface area contributed by atoms with Crippen molar-refractivity contribution < 1.29 is 0 Å². The van der Waals surface area contributed by atoms with E-state index in [0.717, 1.165) is 6.54 Å². The average molecular weight is 255 g/mol. The molecule has 0 amide bonds. The van der Waals surface area contributed by atoms with Gasteiger partial charge >= 0.3 is 0 Å². The van der Waals surface area contributed by atoms with E-state index in [4.69, 9.17) is 0 Å². The lowest BCUT2D eigenvalue weighted by Crippen LogP contribution is -2.22. The fourth-order valence-electron chi connectivity index (χ4n) is 2.67. The predicted molar refractivity (Wildman–Crippen MR) is 79.2 cm³/mol. The van der Waals surface area contributed by atoms with Crippen molar-refractivity contribution in [3.05, 3.63) is 47.5 Å². The number of rotatable bonds is 1. The number of hydrogen-bond donors (Lipinski definition) is 0. The van der Waals surface area contributed by atoms with Crippen LogP contribution in [-0.4, -0.2) is 6.54 Å². The molecule has 1 aliphatic rings. The minimum Gasteiger partial charge on any atom is -0.339 e. The highest BCUT2D eigenvalue weighted by molar-refractivity contribution is 7.99. The van der Waals surface area contributed by atoms with Crippen LogP contribution < -0.4 is 4.90 Å². The Morgan fingerprint density at radius 3 is 1.83 bits per heavy atom. The lowest BCUT2D eigenvalue weighted by Gasteiger charge is -2.34. The molecule has 1 nitrogen and oxygen atoms in total. The molecule has 0 N–H and O–H groups in total. The molecule has 0 saturated carbocycles. The molecule has 0 fully saturated rings.